The smallest absolute Gasteiger partial charge is 0.211 e. The Labute approximate surface area is 167 Å². The van der Waals surface area contributed by atoms with Crippen LogP contribution in [-0.2, 0) is 16.4 Å². The highest BCUT2D eigenvalue weighted by molar-refractivity contribution is 7.88. The monoisotopic (exact) mass is 405 g/mol. The fraction of sp³-hybridized carbons (Fsp3) is 0.550. The number of sulfonamides is 1. The van der Waals surface area contributed by atoms with Crippen molar-refractivity contribution in [2.75, 3.05) is 39.0 Å². The van der Waals surface area contributed by atoms with Crippen molar-refractivity contribution in [1.82, 2.24) is 19.9 Å². The molecule has 0 unspecified atom stereocenters. The van der Waals surface area contributed by atoms with Gasteiger partial charge in [-0.2, -0.15) is 0 Å². The van der Waals surface area contributed by atoms with Gasteiger partial charge < -0.3 is 15.6 Å². The molecule has 0 saturated carbocycles. The molecule has 3 rings (SSSR count). The number of aliphatic imine (C=N–C) groups is 1. The van der Waals surface area contributed by atoms with Crippen molar-refractivity contribution in [3.63, 3.8) is 0 Å². The summed E-state index contributed by atoms with van der Waals surface area (Å²) in [5.41, 5.74) is 2.46. The molecule has 0 radical (unpaired) electrons. The number of rotatable bonds is 7. The summed E-state index contributed by atoms with van der Waals surface area (Å²) in [5, 5.41) is 7.98. The van der Waals surface area contributed by atoms with Crippen molar-refractivity contribution in [1.29, 1.82) is 0 Å². The minimum Gasteiger partial charge on any atom is -0.361 e. The van der Waals surface area contributed by atoms with E-state index in [1.165, 1.54) is 22.7 Å². The van der Waals surface area contributed by atoms with Gasteiger partial charge in [-0.3, -0.25) is 4.99 Å². The number of fused-ring (bicyclic) bond motifs is 1. The summed E-state index contributed by atoms with van der Waals surface area (Å²) in [4.78, 5) is 8.04. The van der Waals surface area contributed by atoms with Crippen LogP contribution in [-0.4, -0.2) is 62.6 Å². The van der Waals surface area contributed by atoms with Gasteiger partial charge in [0.15, 0.2) is 5.96 Å². The summed E-state index contributed by atoms with van der Waals surface area (Å²) in [6.07, 6.45) is 6.01. The summed E-state index contributed by atoms with van der Waals surface area (Å²) >= 11 is 0. The molecule has 1 fully saturated rings. The van der Waals surface area contributed by atoms with Crippen molar-refractivity contribution in [3.8, 4) is 0 Å². The lowest BCUT2D eigenvalue weighted by molar-refractivity contribution is 0.280. The molecule has 0 spiro atoms. The zero-order valence-electron chi connectivity index (χ0n) is 16.7. The summed E-state index contributed by atoms with van der Waals surface area (Å²) < 4.78 is 24.8. The van der Waals surface area contributed by atoms with E-state index >= 15 is 0 Å². The van der Waals surface area contributed by atoms with Crippen LogP contribution in [0.4, 0.5) is 0 Å². The topological polar surface area (TPSA) is 89.6 Å². The molecule has 3 N–H and O–H groups in total. The van der Waals surface area contributed by atoms with Crippen molar-refractivity contribution in [2.24, 2.45) is 10.9 Å². The predicted molar refractivity (Wildman–Crippen MR) is 115 cm³/mol. The first-order chi connectivity index (χ1) is 13.5. The summed E-state index contributed by atoms with van der Waals surface area (Å²) in [6, 6.07) is 8.33. The Morgan fingerprint density at radius 3 is 2.71 bits per heavy atom. The highest BCUT2D eigenvalue weighted by atomic mass is 32.2. The second-order valence-electron chi connectivity index (χ2n) is 7.36. The molecular formula is C20H31N5O2S. The van der Waals surface area contributed by atoms with Crippen LogP contribution >= 0.6 is 0 Å². The molecule has 0 amide bonds. The quantitative estimate of drug-likeness (QED) is 0.485. The fourth-order valence-corrected chi connectivity index (χ4v) is 4.51. The van der Waals surface area contributed by atoms with Gasteiger partial charge in [0.05, 0.1) is 6.26 Å². The second-order valence-corrected chi connectivity index (χ2v) is 9.34. The number of aromatic amines is 1. The van der Waals surface area contributed by atoms with E-state index in [4.69, 9.17) is 4.99 Å². The van der Waals surface area contributed by atoms with Crippen LogP contribution in [0.3, 0.4) is 0 Å². The van der Waals surface area contributed by atoms with Gasteiger partial charge in [0.25, 0.3) is 0 Å². The van der Waals surface area contributed by atoms with Crippen LogP contribution in [0.15, 0.2) is 35.5 Å². The van der Waals surface area contributed by atoms with Crippen molar-refractivity contribution >= 4 is 26.9 Å². The maximum atomic E-state index is 11.6. The minimum atomic E-state index is -3.07. The Hall–Kier alpha value is -2.06. The predicted octanol–water partition coefficient (Wildman–Crippen LogP) is 1.94. The number of aromatic nitrogens is 1. The van der Waals surface area contributed by atoms with E-state index < -0.39 is 10.0 Å². The third kappa shape index (κ3) is 5.48. The molecule has 0 aliphatic carbocycles. The lowest BCUT2D eigenvalue weighted by Crippen LogP contribution is -2.40. The largest absolute Gasteiger partial charge is 0.361 e. The molecule has 1 aliphatic rings. The van der Waals surface area contributed by atoms with Crippen LogP contribution in [0.5, 0.6) is 0 Å². The van der Waals surface area contributed by atoms with Crippen LogP contribution in [0.25, 0.3) is 10.9 Å². The average Bonchev–Trinajstić information content (AvgIpc) is 3.09. The fourth-order valence-electron chi connectivity index (χ4n) is 3.64. The van der Waals surface area contributed by atoms with Gasteiger partial charge in [0, 0.05) is 49.8 Å². The maximum Gasteiger partial charge on any atom is 0.211 e. The van der Waals surface area contributed by atoms with Crippen LogP contribution in [0, 0.1) is 5.92 Å². The van der Waals surface area contributed by atoms with E-state index in [1.54, 1.807) is 4.31 Å². The number of guanidine groups is 1. The van der Waals surface area contributed by atoms with E-state index in [0.717, 1.165) is 44.9 Å². The lowest BCUT2D eigenvalue weighted by atomic mass is 9.98. The van der Waals surface area contributed by atoms with Gasteiger partial charge in [0.1, 0.15) is 0 Å². The van der Waals surface area contributed by atoms with E-state index in [0.29, 0.717) is 19.0 Å². The van der Waals surface area contributed by atoms with Gasteiger partial charge in [-0.15, -0.1) is 0 Å². The molecule has 0 atom stereocenters. The minimum absolute atomic E-state index is 0.432. The van der Waals surface area contributed by atoms with E-state index in [2.05, 4.69) is 46.9 Å². The normalized spacial score (nSPS) is 17.1. The highest BCUT2D eigenvalue weighted by Gasteiger charge is 2.24. The number of piperidine rings is 1. The molecule has 1 aliphatic heterocycles. The van der Waals surface area contributed by atoms with Gasteiger partial charge in [0.2, 0.25) is 10.0 Å². The SMILES string of the molecule is CCNC(=NCC1CCN(S(C)(=O)=O)CC1)NCCc1c[nH]c2ccccc12. The number of benzene rings is 1. The summed E-state index contributed by atoms with van der Waals surface area (Å²) in [6.45, 7) is 5.60. The molecular weight excluding hydrogens is 374 g/mol. The first-order valence-electron chi connectivity index (χ1n) is 9.99. The molecule has 0 bridgehead atoms. The van der Waals surface area contributed by atoms with Gasteiger partial charge in [-0.05, 0) is 43.7 Å². The maximum absolute atomic E-state index is 11.6. The third-order valence-electron chi connectivity index (χ3n) is 5.26. The Kier molecular flexibility index (Phi) is 6.96. The van der Waals surface area contributed by atoms with Crippen molar-refractivity contribution in [3.05, 3.63) is 36.0 Å². The van der Waals surface area contributed by atoms with Crippen LogP contribution < -0.4 is 10.6 Å². The van der Waals surface area contributed by atoms with Gasteiger partial charge in [-0.1, -0.05) is 18.2 Å². The number of hydrogen-bond acceptors (Lipinski definition) is 3. The Morgan fingerprint density at radius 1 is 1.25 bits per heavy atom. The number of hydrogen-bond donors (Lipinski definition) is 3. The molecule has 2 heterocycles. The number of nitrogens with zero attached hydrogens (tertiary/aromatic N) is 2. The lowest BCUT2D eigenvalue weighted by Gasteiger charge is -2.29. The molecule has 154 valence electrons. The first kappa shape index (κ1) is 20.7. The number of nitrogens with one attached hydrogen (secondary N) is 3. The van der Waals surface area contributed by atoms with E-state index in [-0.39, 0.29) is 0 Å². The van der Waals surface area contributed by atoms with E-state index in [9.17, 15) is 8.42 Å². The van der Waals surface area contributed by atoms with Crippen molar-refractivity contribution < 1.29 is 8.42 Å². The first-order valence-corrected chi connectivity index (χ1v) is 11.8. The zero-order chi connectivity index (χ0) is 20.0. The molecule has 1 aromatic carbocycles. The highest BCUT2D eigenvalue weighted by Crippen LogP contribution is 2.19. The second kappa shape index (κ2) is 9.43. The molecule has 1 aromatic heterocycles. The van der Waals surface area contributed by atoms with Gasteiger partial charge >= 0.3 is 0 Å². The summed E-state index contributed by atoms with van der Waals surface area (Å²) in [5.74, 6) is 1.26. The van der Waals surface area contributed by atoms with Gasteiger partial charge in [-0.25, -0.2) is 12.7 Å². The molecule has 28 heavy (non-hydrogen) atoms. The molecule has 7 nitrogen and oxygen atoms in total. The molecule has 1 saturated heterocycles. The van der Waals surface area contributed by atoms with E-state index in [1.807, 2.05) is 6.07 Å². The standard InChI is InChI=1S/C20H31N5O2S/c1-3-21-20(24-14-16-9-12-25(13-10-16)28(2,26)27)22-11-8-17-15-23-19-7-5-4-6-18(17)19/h4-7,15-16,23H,3,8-14H2,1-2H3,(H2,21,22,24). The zero-order valence-corrected chi connectivity index (χ0v) is 17.6. The molecule has 2 aromatic rings. The molecule has 8 heteroatoms. The number of H-pyrrole nitrogens is 1. The Morgan fingerprint density at radius 2 is 2.00 bits per heavy atom. The average molecular weight is 406 g/mol. The Balaban J connectivity index is 1.49. The van der Waals surface area contributed by atoms with Crippen LogP contribution in [0.1, 0.15) is 25.3 Å². The third-order valence-corrected chi connectivity index (χ3v) is 6.56. The number of para-hydroxylation sites is 1. The van der Waals surface area contributed by atoms with Crippen molar-refractivity contribution in [2.45, 2.75) is 26.2 Å². The summed E-state index contributed by atoms with van der Waals surface area (Å²) in [7, 11) is -3.07. The van der Waals surface area contributed by atoms with Crippen LogP contribution in [0.2, 0.25) is 0 Å². The Bertz CT molecular complexity index is 898.